The molecule has 1 saturated heterocycles. The molecule has 1 aliphatic heterocycles. The van der Waals surface area contributed by atoms with E-state index in [2.05, 4.69) is 0 Å². The van der Waals surface area contributed by atoms with Crippen LogP contribution in [0.3, 0.4) is 0 Å². The fourth-order valence-corrected chi connectivity index (χ4v) is 3.12. The molecule has 1 aromatic carbocycles. The van der Waals surface area contributed by atoms with E-state index >= 15 is 0 Å². The first-order valence-electron chi connectivity index (χ1n) is 7.74. The van der Waals surface area contributed by atoms with Gasteiger partial charge < -0.3 is 9.80 Å². The second-order valence-electron chi connectivity index (χ2n) is 6.81. The largest absolute Gasteiger partial charge is 0.340 e. The molecule has 0 unspecified atom stereocenters. The van der Waals surface area contributed by atoms with E-state index in [9.17, 15) is 9.59 Å². The highest BCUT2D eigenvalue weighted by Gasteiger charge is 2.29. The van der Waals surface area contributed by atoms with Gasteiger partial charge in [0, 0.05) is 36.6 Å². The Morgan fingerprint density at radius 2 is 1.61 bits per heavy atom. The first-order chi connectivity index (χ1) is 10.7. The van der Waals surface area contributed by atoms with E-state index in [1.807, 2.05) is 25.7 Å². The molecule has 1 heterocycles. The van der Waals surface area contributed by atoms with Gasteiger partial charge in [-0.05, 0) is 24.6 Å². The zero-order valence-electron chi connectivity index (χ0n) is 13.7. The predicted molar refractivity (Wildman–Crippen MR) is 93.0 cm³/mol. The molecule has 4 nitrogen and oxygen atoms in total. The van der Waals surface area contributed by atoms with Gasteiger partial charge in [0.25, 0.3) is 5.91 Å². The Kier molecular flexibility index (Phi) is 5.58. The third-order valence-electron chi connectivity index (χ3n) is 3.87. The molecule has 1 fully saturated rings. The van der Waals surface area contributed by atoms with Crippen LogP contribution in [0.4, 0.5) is 0 Å². The van der Waals surface area contributed by atoms with Gasteiger partial charge >= 0.3 is 0 Å². The molecular weight excluding hydrogens is 335 g/mol. The summed E-state index contributed by atoms with van der Waals surface area (Å²) < 4.78 is 0. The Bertz CT molecular complexity index is 611. The molecule has 23 heavy (non-hydrogen) atoms. The molecule has 0 saturated carbocycles. The maximum absolute atomic E-state index is 12.7. The SMILES string of the molecule is CC(C)(C)C(=O)N1CCCN(C(=O)c2ccc(Cl)cc2Cl)CC1. The van der Waals surface area contributed by atoms with Crippen molar-refractivity contribution in [3.05, 3.63) is 33.8 Å². The van der Waals surface area contributed by atoms with Crippen LogP contribution in [0, 0.1) is 5.41 Å². The Labute approximate surface area is 147 Å². The van der Waals surface area contributed by atoms with Crippen LogP contribution in [-0.4, -0.2) is 47.8 Å². The molecule has 0 atom stereocenters. The highest BCUT2D eigenvalue weighted by molar-refractivity contribution is 6.36. The van der Waals surface area contributed by atoms with Crippen molar-refractivity contribution in [2.75, 3.05) is 26.2 Å². The smallest absolute Gasteiger partial charge is 0.255 e. The second-order valence-corrected chi connectivity index (χ2v) is 7.66. The zero-order chi connectivity index (χ0) is 17.2. The van der Waals surface area contributed by atoms with Crippen LogP contribution in [0.15, 0.2) is 18.2 Å². The van der Waals surface area contributed by atoms with Crippen LogP contribution in [-0.2, 0) is 4.79 Å². The van der Waals surface area contributed by atoms with E-state index in [0.717, 1.165) is 6.42 Å². The quantitative estimate of drug-likeness (QED) is 0.769. The van der Waals surface area contributed by atoms with Crippen molar-refractivity contribution in [1.82, 2.24) is 9.80 Å². The molecule has 0 spiro atoms. The number of hydrogen-bond acceptors (Lipinski definition) is 2. The summed E-state index contributed by atoms with van der Waals surface area (Å²) in [6, 6.07) is 4.88. The molecule has 0 aromatic heterocycles. The number of carbonyl (C=O) groups excluding carboxylic acids is 2. The summed E-state index contributed by atoms with van der Waals surface area (Å²) >= 11 is 12.0. The fourth-order valence-electron chi connectivity index (χ4n) is 2.63. The molecule has 6 heteroatoms. The number of halogens is 2. The van der Waals surface area contributed by atoms with Crippen molar-refractivity contribution in [2.45, 2.75) is 27.2 Å². The highest BCUT2D eigenvalue weighted by atomic mass is 35.5. The van der Waals surface area contributed by atoms with Crippen LogP contribution in [0.1, 0.15) is 37.6 Å². The summed E-state index contributed by atoms with van der Waals surface area (Å²) in [6.07, 6.45) is 0.763. The number of amides is 2. The molecule has 0 N–H and O–H groups in total. The van der Waals surface area contributed by atoms with Crippen LogP contribution < -0.4 is 0 Å². The normalized spacial score (nSPS) is 16.2. The first-order valence-corrected chi connectivity index (χ1v) is 8.49. The Morgan fingerprint density at radius 3 is 2.22 bits per heavy atom. The zero-order valence-corrected chi connectivity index (χ0v) is 15.2. The maximum atomic E-state index is 12.7. The van der Waals surface area contributed by atoms with Gasteiger partial charge in [-0.1, -0.05) is 44.0 Å². The van der Waals surface area contributed by atoms with Crippen molar-refractivity contribution in [3.63, 3.8) is 0 Å². The molecule has 2 rings (SSSR count). The van der Waals surface area contributed by atoms with E-state index in [-0.39, 0.29) is 11.8 Å². The summed E-state index contributed by atoms with van der Waals surface area (Å²) in [5, 5.41) is 0.860. The number of rotatable bonds is 1. The number of carbonyl (C=O) groups is 2. The second kappa shape index (κ2) is 7.10. The lowest BCUT2D eigenvalue weighted by Gasteiger charge is -2.28. The molecule has 0 radical (unpaired) electrons. The van der Waals surface area contributed by atoms with Crippen molar-refractivity contribution in [2.24, 2.45) is 5.41 Å². The van der Waals surface area contributed by atoms with Crippen LogP contribution >= 0.6 is 23.2 Å². The minimum Gasteiger partial charge on any atom is -0.340 e. The Hall–Kier alpha value is -1.26. The number of benzene rings is 1. The monoisotopic (exact) mass is 356 g/mol. The van der Waals surface area contributed by atoms with E-state index in [0.29, 0.717) is 41.8 Å². The molecule has 0 bridgehead atoms. The lowest BCUT2D eigenvalue weighted by molar-refractivity contribution is -0.139. The lowest BCUT2D eigenvalue weighted by atomic mass is 9.94. The van der Waals surface area contributed by atoms with Gasteiger partial charge in [-0.15, -0.1) is 0 Å². The lowest BCUT2D eigenvalue weighted by Crippen LogP contribution is -2.42. The molecule has 126 valence electrons. The number of hydrogen-bond donors (Lipinski definition) is 0. The van der Waals surface area contributed by atoms with Crippen LogP contribution in [0.5, 0.6) is 0 Å². The van der Waals surface area contributed by atoms with Gasteiger partial charge in [-0.3, -0.25) is 9.59 Å². The van der Waals surface area contributed by atoms with Crippen LogP contribution in [0.25, 0.3) is 0 Å². The first kappa shape index (κ1) is 18.1. The topological polar surface area (TPSA) is 40.6 Å². The Balaban J connectivity index is 2.08. The molecule has 1 aromatic rings. The van der Waals surface area contributed by atoms with Crippen molar-refractivity contribution >= 4 is 35.0 Å². The highest BCUT2D eigenvalue weighted by Crippen LogP contribution is 2.23. The summed E-state index contributed by atoms with van der Waals surface area (Å²) in [4.78, 5) is 28.6. The van der Waals surface area contributed by atoms with Gasteiger partial charge in [-0.25, -0.2) is 0 Å². The van der Waals surface area contributed by atoms with Gasteiger partial charge in [0.05, 0.1) is 10.6 Å². The summed E-state index contributed by atoms with van der Waals surface area (Å²) in [7, 11) is 0. The molecule has 0 aliphatic carbocycles. The van der Waals surface area contributed by atoms with E-state index in [1.54, 1.807) is 23.1 Å². The van der Waals surface area contributed by atoms with E-state index in [4.69, 9.17) is 23.2 Å². The average molecular weight is 357 g/mol. The van der Waals surface area contributed by atoms with E-state index < -0.39 is 5.41 Å². The molecule has 2 amide bonds. The van der Waals surface area contributed by atoms with Gasteiger partial charge in [0.1, 0.15) is 0 Å². The predicted octanol–water partition coefficient (Wildman–Crippen LogP) is 3.71. The van der Waals surface area contributed by atoms with Crippen LogP contribution in [0.2, 0.25) is 10.0 Å². The number of nitrogens with zero attached hydrogens (tertiary/aromatic N) is 2. The van der Waals surface area contributed by atoms with Gasteiger partial charge in [0.2, 0.25) is 5.91 Å². The molecule has 1 aliphatic rings. The minimum atomic E-state index is -0.404. The van der Waals surface area contributed by atoms with Gasteiger partial charge in [-0.2, -0.15) is 0 Å². The summed E-state index contributed by atoms with van der Waals surface area (Å²) in [5.41, 5.74) is 0.0465. The minimum absolute atomic E-state index is 0.114. The fraction of sp³-hybridized carbons (Fsp3) is 0.529. The third-order valence-corrected chi connectivity index (χ3v) is 4.42. The van der Waals surface area contributed by atoms with Gasteiger partial charge in [0.15, 0.2) is 0 Å². The Morgan fingerprint density at radius 1 is 1.00 bits per heavy atom. The van der Waals surface area contributed by atoms with E-state index in [1.165, 1.54) is 0 Å². The average Bonchev–Trinajstić information content (AvgIpc) is 2.70. The molecular formula is C17H22Cl2N2O2. The summed E-state index contributed by atoms with van der Waals surface area (Å²) in [6.45, 7) is 8.09. The van der Waals surface area contributed by atoms with Crippen molar-refractivity contribution < 1.29 is 9.59 Å². The van der Waals surface area contributed by atoms with Crippen molar-refractivity contribution in [1.29, 1.82) is 0 Å². The third kappa shape index (κ3) is 4.39. The van der Waals surface area contributed by atoms with Crippen molar-refractivity contribution in [3.8, 4) is 0 Å². The standard InChI is InChI=1S/C17H22Cl2N2O2/c1-17(2,3)16(23)21-8-4-7-20(9-10-21)15(22)13-6-5-12(18)11-14(13)19/h5-6,11H,4,7-10H2,1-3H3. The summed E-state index contributed by atoms with van der Waals surface area (Å²) in [5.74, 6) is 0.00745. The maximum Gasteiger partial charge on any atom is 0.255 e.